The third kappa shape index (κ3) is 2.95. The van der Waals surface area contributed by atoms with E-state index in [1.165, 1.54) is 0 Å². The van der Waals surface area contributed by atoms with Crippen LogP contribution in [0.1, 0.15) is 17.4 Å². The molecule has 20 heavy (non-hydrogen) atoms. The number of ether oxygens (including phenoxy) is 2. The molecule has 0 aliphatic carbocycles. The Morgan fingerprint density at radius 3 is 3.05 bits per heavy atom. The molecule has 0 aliphatic heterocycles. The minimum Gasteiger partial charge on any atom is -0.481 e. The Labute approximate surface area is 116 Å². The van der Waals surface area contributed by atoms with E-state index in [4.69, 9.17) is 15.9 Å². The molecule has 0 aliphatic rings. The molecule has 0 fully saturated rings. The Bertz CT molecular complexity index is 643. The number of terminal acetylenes is 1. The van der Waals surface area contributed by atoms with E-state index in [0.29, 0.717) is 17.0 Å². The van der Waals surface area contributed by atoms with Crippen molar-refractivity contribution in [2.24, 2.45) is 0 Å². The van der Waals surface area contributed by atoms with E-state index in [1.807, 2.05) is 0 Å². The fraction of sp³-hybridized carbons (Fsp3) is 0.214. The molecule has 6 nitrogen and oxygen atoms in total. The van der Waals surface area contributed by atoms with Gasteiger partial charge in [-0.2, -0.15) is 10.3 Å². The molecule has 1 aromatic carbocycles. The summed E-state index contributed by atoms with van der Waals surface area (Å²) in [5, 5.41) is 10.2. The van der Waals surface area contributed by atoms with Crippen LogP contribution in [0.5, 0.6) is 5.75 Å². The molecular weight excluding hydrogens is 258 g/mol. The van der Waals surface area contributed by atoms with Crippen molar-refractivity contribution < 1.29 is 14.3 Å². The fourth-order valence-corrected chi connectivity index (χ4v) is 1.63. The highest BCUT2D eigenvalue weighted by atomic mass is 16.5. The van der Waals surface area contributed by atoms with E-state index < -0.39 is 5.97 Å². The molecule has 0 bridgehead atoms. The molecule has 1 N–H and O–H groups in total. The second-order valence-corrected chi connectivity index (χ2v) is 3.76. The Morgan fingerprint density at radius 2 is 2.30 bits per heavy atom. The van der Waals surface area contributed by atoms with Gasteiger partial charge in [0, 0.05) is 5.56 Å². The zero-order chi connectivity index (χ0) is 14.4. The van der Waals surface area contributed by atoms with Gasteiger partial charge in [0.05, 0.1) is 6.61 Å². The molecule has 0 atom stereocenters. The summed E-state index contributed by atoms with van der Waals surface area (Å²) in [7, 11) is 0. The number of rotatable bonds is 5. The topological polar surface area (TPSA) is 77.1 Å². The van der Waals surface area contributed by atoms with Crippen LogP contribution in [0.25, 0.3) is 11.3 Å². The van der Waals surface area contributed by atoms with Crippen molar-refractivity contribution in [1.29, 1.82) is 0 Å². The lowest BCUT2D eigenvalue weighted by molar-refractivity contribution is 0.0520. The summed E-state index contributed by atoms with van der Waals surface area (Å²) in [6, 6.07) is 7.08. The molecule has 102 valence electrons. The number of H-pyrrole nitrogens is 1. The van der Waals surface area contributed by atoms with Gasteiger partial charge in [0.15, 0.2) is 5.69 Å². The Hall–Kier alpha value is -2.81. The van der Waals surface area contributed by atoms with Crippen LogP contribution in [0.2, 0.25) is 0 Å². The number of aromatic amines is 1. The lowest BCUT2D eigenvalue weighted by atomic mass is 10.1. The monoisotopic (exact) mass is 271 g/mol. The maximum atomic E-state index is 11.8. The molecule has 0 unspecified atom stereocenters. The van der Waals surface area contributed by atoms with Crippen LogP contribution in [-0.2, 0) is 4.74 Å². The number of nitrogens with one attached hydrogen (secondary N) is 1. The first-order valence-corrected chi connectivity index (χ1v) is 6.00. The SMILES string of the molecule is C#CCOc1cccc(-c2n[nH]nc2C(=O)OCC)c1. The van der Waals surface area contributed by atoms with Crippen LogP contribution in [0.4, 0.5) is 0 Å². The summed E-state index contributed by atoms with van der Waals surface area (Å²) in [4.78, 5) is 11.8. The predicted molar refractivity (Wildman–Crippen MR) is 72.1 cm³/mol. The van der Waals surface area contributed by atoms with Crippen molar-refractivity contribution in [3.8, 4) is 29.4 Å². The Kier molecular flexibility index (Phi) is 4.35. The van der Waals surface area contributed by atoms with Gasteiger partial charge >= 0.3 is 5.97 Å². The van der Waals surface area contributed by atoms with Crippen LogP contribution in [-0.4, -0.2) is 34.6 Å². The van der Waals surface area contributed by atoms with Gasteiger partial charge < -0.3 is 9.47 Å². The highest BCUT2D eigenvalue weighted by molar-refractivity contribution is 5.93. The van der Waals surface area contributed by atoms with Crippen LogP contribution in [0.3, 0.4) is 0 Å². The van der Waals surface area contributed by atoms with Crippen molar-refractivity contribution in [2.75, 3.05) is 13.2 Å². The summed E-state index contributed by atoms with van der Waals surface area (Å²) in [6.45, 7) is 2.18. The van der Waals surface area contributed by atoms with Gasteiger partial charge in [-0.3, -0.25) is 0 Å². The largest absolute Gasteiger partial charge is 0.481 e. The quantitative estimate of drug-likeness (QED) is 0.661. The molecule has 0 saturated carbocycles. The lowest BCUT2D eigenvalue weighted by Crippen LogP contribution is -2.06. The third-order valence-electron chi connectivity index (χ3n) is 2.45. The van der Waals surface area contributed by atoms with E-state index >= 15 is 0 Å². The summed E-state index contributed by atoms with van der Waals surface area (Å²) in [6.07, 6.45) is 5.14. The molecule has 6 heteroatoms. The highest BCUT2D eigenvalue weighted by Crippen LogP contribution is 2.24. The average molecular weight is 271 g/mol. The first kappa shape index (κ1) is 13.6. The Morgan fingerprint density at radius 1 is 1.45 bits per heavy atom. The summed E-state index contributed by atoms with van der Waals surface area (Å²) >= 11 is 0. The van der Waals surface area contributed by atoms with Crippen LogP contribution in [0.15, 0.2) is 24.3 Å². The van der Waals surface area contributed by atoms with Gasteiger partial charge in [0.1, 0.15) is 18.1 Å². The highest BCUT2D eigenvalue weighted by Gasteiger charge is 2.19. The van der Waals surface area contributed by atoms with Crippen LogP contribution >= 0.6 is 0 Å². The van der Waals surface area contributed by atoms with Crippen molar-refractivity contribution in [2.45, 2.75) is 6.92 Å². The van der Waals surface area contributed by atoms with Crippen molar-refractivity contribution in [3.05, 3.63) is 30.0 Å². The maximum Gasteiger partial charge on any atom is 0.361 e. The second-order valence-electron chi connectivity index (χ2n) is 3.76. The molecule has 2 rings (SSSR count). The number of esters is 1. The van der Waals surface area contributed by atoms with Gasteiger partial charge in [-0.25, -0.2) is 4.79 Å². The molecule has 2 aromatic rings. The maximum absolute atomic E-state index is 11.8. The summed E-state index contributed by atoms with van der Waals surface area (Å²) in [5.74, 6) is 2.46. The van der Waals surface area contributed by atoms with E-state index in [-0.39, 0.29) is 18.9 Å². The smallest absolute Gasteiger partial charge is 0.361 e. The van der Waals surface area contributed by atoms with E-state index in [9.17, 15) is 4.79 Å². The van der Waals surface area contributed by atoms with Gasteiger partial charge in [0.2, 0.25) is 0 Å². The zero-order valence-corrected chi connectivity index (χ0v) is 10.9. The lowest BCUT2D eigenvalue weighted by Gasteiger charge is -2.05. The molecule has 1 aromatic heterocycles. The minimum atomic E-state index is -0.522. The normalized spacial score (nSPS) is 9.80. The summed E-state index contributed by atoms with van der Waals surface area (Å²) < 4.78 is 10.3. The number of hydrogen-bond donors (Lipinski definition) is 1. The number of aromatic nitrogens is 3. The number of carbonyl (C=O) groups excluding carboxylic acids is 1. The van der Waals surface area contributed by atoms with Crippen LogP contribution < -0.4 is 4.74 Å². The van der Waals surface area contributed by atoms with Gasteiger partial charge in [-0.1, -0.05) is 18.1 Å². The molecule has 0 radical (unpaired) electrons. The van der Waals surface area contributed by atoms with Crippen molar-refractivity contribution in [1.82, 2.24) is 15.4 Å². The molecule has 1 heterocycles. The number of benzene rings is 1. The van der Waals surface area contributed by atoms with Gasteiger partial charge in [0.25, 0.3) is 0 Å². The first-order chi connectivity index (χ1) is 9.76. The third-order valence-corrected chi connectivity index (χ3v) is 2.45. The van der Waals surface area contributed by atoms with Crippen molar-refractivity contribution >= 4 is 5.97 Å². The van der Waals surface area contributed by atoms with Crippen molar-refractivity contribution in [3.63, 3.8) is 0 Å². The first-order valence-electron chi connectivity index (χ1n) is 6.00. The average Bonchev–Trinajstić information content (AvgIpc) is 2.95. The van der Waals surface area contributed by atoms with E-state index in [2.05, 4.69) is 21.3 Å². The standard InChI is InChI=1S/C14H13N3O3/c1-3-8-20-11-7-5-6-10(9-11)12-13(16-17-15-12)14(18)19-4-2/h1,5-7,9H,4,8H2,2H3,(H,15,16,17). The van der Waals surface area contributed by atoms with E-state index in [1.54, 1.807) is 31.2 Å². The second kappa shape index (κ2) is 6.38. The van der Waals surface area contributed by atoms with Gasteiger partial charge in [-0.05, 0) is 19.1 Å². The minimum absolute atomic E-state index is 0.140. The number of hydrogen-bond acceptors (Lipinski definition) is 5. The fourth-order valence-electron chi connectivity index (χ4n) is 1.63. The number of carbonyl (C=O) groups is 1. The number of nitrogens with zero attached hydrogens (tertiary/aromatic N) is 2. The Balaban J connectivity index is 2.30. The van der Waals surface area contributed by atoms with Gasteiger partial charge in [-0.15, -0.1) is 11.5 Å². The van der Waals surface area contributed by atoms with E-state index in [0.717, 1.165) is 0 Å². The predicted octanol–water partition coefficient (Wildman–Crippen LogP) is 1.66. The summed E-state index contributed by atoms with van der Waals surface area (Å²) in [5.41, 5.74) is 1.24. The molecule has 0 saturated heterocycles. The van der Waals surface area contributed by atoms with Crippen LogP contribution in [0, 0.1) is 12.3 Å². The molecule has 0 amide bonds. The zero-order valence-electron chi connectivity index (χ0n) is 10.9. The molecule has 0 spiro atoms. The molecular formula is C14H13N3O3.